The largest absolute Gasteiger partial charge is 0.508 e. The van der Waals surface area contributed by atoms with Gasteiger partial charge in [-0.2, -0.15) is 0 Å². The zero-order valence-electron chi connectivity index (χ0n) is 9.36. The summed E-state index contributed by atoms with van der Waals surface area (Å²) in [5, 5.41) is 10.6. The maximum absolute atomic E-state index is 9.52. The molecule has 1 aliphatic heterocycles. The number of fused-ring (bicyclic) bond motifs is 3. The lowest BCUT2D eigenvalue weighted by atomic mass is 10.1. The molecule has 0 bridgehead atoms. The fourth-order valence-corrected chi connectivity index (χ4v) is 2.37. The molecule has 1 aliphatic rings. The molecule has 2 heterocycles. The van der Waals surface area contributed by atoms with Gasteiger partial charge in [0, 0.05) is 30.5 Å². The van der Waals surface area contributed by atoms with Gasteiger partial charge < -0.3 is 14.4 Å². The molecule has 0 amide bonds. The van der Waals surface area contributed by atoms with E-state index in [-0.39, 0.29) is 0 Å². The van der Waals surface area contributed by atoms with Gasteiger partial charge in [0.15, 0.2) is 0 Å². The van der Waals surface area contributed by atoms with Crippen LogP contribution in [-0.4, -0.2) is 30.1 Å². The highest BCUT2D eigenvalue weighted by Gasteiger charge is 2.18. The Bertz CT molecular complexity index is 530. The standard InChI is InChI=1S/C13H15NO2/c1-14-6-4-10-11-8-9(15)2-3-12(11)16-13(10)5-7-14/h2-3,8,15H,4-7H2,1H3. The molecule has 0 spiro atoms. The summed E-state index contributed by atoms with van der Waals surface area (Å²) in [6.07, 6.45) is 1.96. The van der Waals surface area contributed by atoms with E-state index in [1.165, 1.54) is 5.56 Å². The van der Waals surface area contributed by atoms with Gasteiger partial charge in [0.2, 0.25) is 0 Å². The highest BCUT2D eigenvalue weighted by molar-refractivity contribution is 5.83. The van der Waals surface area contributed by atoms with Crippen molar-refractivity contribution < 1.29 is 9.52 Å². The van der Waals surface area contributed by atoms with Gasteiger partial charge in [-0.3, -0.25) is 0 Å². The Balaban J connectivity index is 2.16. The number of hydrogen-bond donors (Lipinski definition) is 1. The third kappa shape index (κ3) is 1.48. The number of rotatable bonds is 0. The maximum Gasteiger partial charge on any atom is 0.134 e. The van der Waals surface area contributed by atoms with E-state index in [0.717, 1.165) is 42.7 Å². The highest BCUT2D eigenvalue weighted by Crippen LogP contribution is 2.30. The van der Waals surface area contributed by atoms with Crippen LogP contribution in [0, 0.1) is 0 Å². The molecule has 0 radical (unpaired) electrons. The van der Waals surface area contributed by atoms with Crippen LogP contribution in [0.25, 0.3) is 11.0 Å². The van der Waals surface area contributed by atoms with E-state index in [1.807, 2.05) is 12.1 Å². The smallest absolute Gasteiger partial charge is 0.134 e. The average molecular weight is 217 g/mol. The highest BCUT2D eigenvalue weighted by atomic mass is 16.3. The van der Waals surface area contributed by atoms with Crippen molar-refractivity contribution in [3.8, 4) is 5.75 Å². The second-order valence-corrected chi connectivity index (χ2v) is 4.49. The van der Waals surface area contributed by atoms with E-state index in [2.05, 4.69) is 11.9 Å². The summed E-state index contributed by atoms with van der Waals surface area (Å²) in [5.74, 6) is 1.40. The maximum atomic E-state index is 9.52. The predicted octanol–water partition coefficient (Wildman–Crippen LogP) is 2.17. The quantitative estimate of drug-likeness (QED) is 0.734. The van der Waals surface area contributed by atoms with Crippen molar-refractivity contribution in [3.05, 3.63) is 29.5 Å². The van der Waals surface area contributed by atoms with Crippen LogP contribution in [0.1, 0.15) is 11.3 Å². The number of likely N-dealkylation sites (N-methyl/N-ethyl adjacent to an activating group) is 1. The van der Waals surface area contributed by atoms with E-state index in [9.17, 15) is 5.11 Å². The minimum absolute atomic E-state index is 0.314. The summed E-state index contributed by atoms with van der Waals surface area (Å²) in [4.78, 5) is 2.31. The van der Waals surface area contributed by atoms with Gasteiger partial charge >= 0.3 is 0 Å². The zero-order chi connectivity index (χ0) is 11.1. The molecular weight excluding hydrogens is 202 g/mol. The Morgan fingerprint density at radius 3 is 2.94 bits per heavy atom. The van der Waals surface area contributed by atoms with Crippen LogP contribution >= 0.6 is 0 Å². The lowest BCUT2D eigenvalue weighted by Gasteiger charge is -2.11. The third-order valence-electron chi connectivity index (χ3n) is 3.32. The average Bonchev–Trinajstić information content (AvgIpc) is 2.50. The minimum atomic E-state index is 0.314. The fraction of sp³-hybridized carbons (Fsp3) is 0.385. The first-order valence-electron chi connectivity index (χ1n) is 5.66. The van der Waals surface area contributed by atoms with Gasteiger partial charge in [0.1, 0.15) is 17.1 Å². The molecule has 2 aromatic rings. The zero-order valence-corrected chi connectivity index (χ0v) is 9.36. The summed E-state index contributed by atoms with van der Waals surface area (Å²) in [6.45, 7) is 2.09. The molecule has 1 aromatic heterocycles. The van der Waals surface area contributed by atoms with Crippen LogP contribution in [0.5, 0.6) is 5.75 Å². The van der Waals surface area contributed by atoms with Crippen LogP contribution in [0.3, 0.4) is 0 Å². The van der Waals surface area contributed by atoms with Crippen molar-refractivity contribution in [1.29, 1.82) is 0 Å². The van der Waals surface area contributed by atoms with Crippen molar-refractivity contribution >= 4 is 11.0 Å². The molecule has 3 heteroatoms. The van der Waals surface area contributed by atoms with Crippen molar-refractivity contribution in [2.24, 2.45) is 0 Å². The minimum Gasteiger partial charge on any atom is -0.508 e. The first-order chi connectivity index (χ1) is 7.74. The third-order valence-corrected chi connectivity index (χ3v) is 3.32. The molecule has 0 atom stereocenters. The molecule has 0 unspecified atom stereocenters. The lowest BCUT2D eigenvalue weighted by Crippen LogP contribution is -2.20. The van der Waals surface area contributed by atoms with E-state index < -0.39 is 0 Å². The molecule has 0 saturated heterocycles. The first kappa shape index (κ1) is 9.73. The summed E-state index contributed by atoms with van der Waals surface area (Å²) < 4.78 is 5.84. The summed E-state index contributed by atoms with van der Waals surface area (Å²) in [6, 6.07) is 5.34. The summed E-state index contributed by atoms with van der Waals surface area (Å²) in [7, 11) is 2.13. The summed E-state index contributed by atoms with van der Waals surface area (Å²) >= 11 is 0. The van der Waals surface area contributed by atoms with E-state index in [4.69, 9.17) is 4.42 Å². The van der Waals surface area contributed by atoms with Gasteiger partial charge in [-0.1, -0.05) is 0 Å². The van der Waals surface area contributed by atoms with Crippen LogP contribution in [0.4, 0.5) is 0 Å². The Kier molecular flexibility index (Phi) is 2.14. The monoisotopic (exact) mass is 217 g/mol. The number of phenols is 1. The Labute approximate surface area is 94.3 Å². The SMILES string of the molecule is CN1CCc2oc3ccc(O)cc3c2CC1. The van der Waals surface area contributed by atoms with E-state index >= 15 is 0 Å². The molecule has 84 valence electrons. The Hall–Kier alpha value is -1.48. The number of nitrogens with zero attached hydrogens (tertiary/aromatic N) is 1. The molecule has 1 aromatic carbocycles. The van der Waals surface area contributed by atoms with Gasteiger partial charge in [0.25, 0.3) is 0 Å². The molecule has 0 aliphatic carbocycles. The van der Waals surface area contributed by atoms with Crippen molar-refractivity contribution in [2.75, 3.05) is 20.1 Å². The van der Waals surface area contributed by atoms with Crippen LogP contribution in [0.2, 0.25) is 0 Å². The first-order valence-corrected chi connectivity index (χ1v) is 5.66. The molecule has 0 fully saturated rings. The van der Waals surface area contributed by atoms with Gasteiger partial charge in [-0.15, -0.1) is 0 Å². The van der Waals surface area contributed by atoms with Crippen molar-refractivity contribution in [3.63, 3.8) is 0 Å². The van der Waals surface area contributed by atoms with Gasteiger partial charge in [-0.05, 0) is 31.7 Å². The van der Waals surface area contributed by atoms with Crippen LogP contribution < -0.4 is 0 Å². The van der Waals surface area contributed by atoms with Crippen molar-refractivity contribution in [2.45, 2.75) is 12.8 Å². The summed E-state index contributed by atoms with van der Waals surface area (Å²) in [5.41, 5.74) is 2.17. The second-order valence-electron chi connectivity index (χ2n) is 4.49. The Morgan fingerprint density at radius 1 is 1.25 bits per heavy atom. The van der Waals surface area contributed by atoms with E-state index in [1.54, 1.807) is 6.07 Å². The topological polar surface area (TPSA) is 36.6 Å². The Morgan fingerprint density at radius 2 is 2.06 bits per heavy atom. The molecule has 3 nitrogen and oxygen atoms in total. The number of aromatic hydroxyl groups is 1. The van der Waals surface area contributed by atoms with Gasteiger partial charge in [-0.25, -0.2) is 0 Å². The number of benzene rings is 1. The normalized spacial score (nSPS) is 17.3. The molecule has 0 saturated carbocycles. The number of furan rings is 1. The fourth-order valence-electron chi connectivity index (χ4n) is 2.37. The lowest BCUT2D eigenvalue weighted by molar-refractivity contribution is 0.346. The van der Waals surface area contributed by atoms with Crippen molar-refractivity contribution in [1.82, 2.24) is 4.90 Å². The molecule has 16 heavy (non-hydrogen) atoms. The number of hydrogen-bond acceptors (Lipinski definition) is 3. The van der Waals surface area contributed by atoms with Crippen LogP contribution in [0.15, 0.2) is 22.6 Å². The van der Waals surface area contributed by atoms with E-state index in [0.29, 0.717) is 5.75 Å². The van der Waals surface area contributed by atoms with Crippen LogP contribution in [-0.2, 0) is 12.8 Å². The van der Waals surface area contributed by atoms with Gasteiger partial charge in [0.05, 0.1) is 0 Å². The molecule has 3 rings (SSSR count). The number of phenolic OH excluding ortho intramolecular Hbond substituents is 1. The second kappa shape index (κ2) is 3.52. The molecule has 1 N–H and O–H groups in total. The predicted molar refractivity (Wildman–Crippen MR) is 62.8 cm³/mol. The molecular formula is C13H15NO2.